The largest absolute Gasteiger partial charge is 0.375 e. The molecule has 2 aliphatic heterocycles. The second-order valence-corrected chi connectivity index (χ2v) is 11.4. The molecule has 2 aliphatic rings. The molecule has 2 saturated heterocycles. The standard InChI is InChI=1S/C29H39N7O2S/c30-29-31-28(23-39-29)25-5-3-24(4-6-25)11-14-34-17-15-32(16-18-34)12-1-2-13-33-19-21-35(22-20-33)26-7-9-27(10-8-26)36(37)38/h3-10,23H,1-2,11-22H2,(H2,30,31). The molecular weight excluding hydrogens is 510 g/mol. The molecule has 2 N–H and O–H groups in total. The van der Waals surface area contributed by atoms with Gasteiger partial charge in [0.1, 0.15) is 0 Å². The van der Waals surface area contributed by atoms with Gasteiger partial charge in [0.25, 0.3) is 5.69 Å². The number of rotatable bonds is 11. The zero-order valence-electron chi connectivity index (χ0n) is 22.6. The Kier molecular flexibility index (Phi) is 9.41. The van der Waals surface area contributed by atoms with Gasteiger partial charge in [-0.2, -0.15) is 0 Å². The van der Waals surface area contributed by atoms with Gasteiger partial charge in [-0.1, -0.05) is 24.3 Å². The van der Waals surface area contributed by atoms with Crippen LogP contribution in [-0.4, -0.2) is 96.6 Å². The van der Waals surface area contributed by atoms with Gasteiger partial charge in [-0.05, 0) is 50.0 Å². The highest BCUT2D eigenvalue weighted by molar-refractivity contribution is 7.13. The average molecular weight is 550 g/mol. The summed E-state index contributed by atoms with van der Waals surface area (Å²) in [5, 5.41) is 13.5. The monoisotopic (exact) mass is 549 g/mol. The van der Waals surface area contributed by atoms with Crippen LogP contribution in [0, 0.1) is 10.1 Å². The molecule has 0 radical (unpaired) electrons. The van der Waals surface area contributed by atoms with Crippen LogP contribution in [0.25, 0.3) is 11.3 Å². The molecular formula is C29H39N7O2S. The Bertz CT molecular complexity index is 1190. The highest BCUT2D eigenvalue weighted by Gasteiger charge is 2.19. The van der Waals surface area contributed by atoms with E-state index in [0.717, 1.165) is 88.8 Å². The fraction of sp³-hybridized carbons (Fsp3) is 0.483. The van der Waals surface area contributed by atoms with Gasteiger partial charge in [0.15, 0.2) is 5.13 Å². The average Bonchev–Trinajstić information content (AvgIpc) is 3.41. The van der Waals surface area contributed by atoms with Gasteiger partial charge in [-0.15, -0.1) is 11.3 Å². The van der Waals surface area contributed by atoms with E-state index in [1.165, 1.54) is 36.3 Å². The van der Waals surface area contributed by atoms with Crippen LogP contribution in [0.4, 0.5) is 16.5 Å². The maximum atomic E-state index is 10.9. The molecule has 0 bridgehead atoms. The number of piperazine rings is 2. The van der Waals surface area contributed by atoms with E-state index in [4.69, 9.17) is 5.73 Å². The summed E-state index contributed by atoms with van der Waals surface area (Å²) in [7, 11) is 0. The van der Waals surface area contributed by atoms with Gasteiger partial charge >= 0.3 is 0 Å². The van der Waals surface area contributed by atoms with Crippen LogP contribution in [0.3, 0.4) is 0 Å². The van der Waals surface area contributed by atoms with Crippen molar-refractivity contribution in [2.24, 2.45) is 0 Å². The molecule has 9 nitrogen and oxygen atoms in total. The summed E-state index contributed by atoms with van der Waals surface area (Å²) in [4.78, 5) is 25.0. The zero-order chi connectivity index (χ0) is 27.0. The lowest BCUT2D eigenvalue weighted by Crippen LogP contribution is -2.47. The predicted octanol–water partition coefficient (Wildman–Crippen LogP) is 4.06. The number of benzene rings is 2. The van der Waals surface area contributed by atoms with Crippen LogP contribution in [0.5, 0.6) is 0 Å². The van der Waals surface area contributed by atoms with Crippen molar-refractivity contribution in [2.45, 2.75) is 19.3 Å². The number of unbranched alkanes of at least 4 members (excludes halogenated alkanes) is 1. The Balaban J connectivity index is 0.924. The zero-order valence-corrected chi connectivity index (χ0v) is 23.4. The Hall–Kier alpha value is -3.05. The topological polar surface area (TPSA) is 95.0 Å². The first-order valence-corrected chi connectivity index (χ1v) is 14.9. The van der Waals surface area contributed by atoms with Gasteiger partial charge < -0.3 is 20.4 Å². The number of anilines is 2. The Morgan fingerprint density at radius 3 is 1.90 bits per heavy atom. The van der Waals surface area contributed by atoms with Crippen LogP contribution >= 0.6 is 11.3 Å². The molecule has 208 valence electrons. The lowest BCUT2D eigenvalue weighted by molar-refractivity contribution is -0.384. The molecule has 2 fully saturated rings. The molecule has 3 aromatic rings. The van der Waals surface area contributed by atoms with Crippen LogP contribution in [0.1, 0.15) is 18.4 Å². The lowest BCUT2D eigenvalue weighted by Gasteiger charge is -2.36. The van der Waals surface area contributed by atoms with E-state index < -0.39 is 0 Å². The highest BCUT2D eigenvalue weighted by atomic mass is 32.1. The number of hydrogen-bond donors (Lipinski definition) is 1. The Labute approximate surface area is 235 Å². The molecule has 0 spiro atoms. The minimum atomic E-state index is -0.342. The summed E-state index contributed by atoms with van der Waals surface area (Å²) in [5.74, 6) is 0. The van der Waals surface area contributed by atoms with Crippen molar-refractivity contribution in [1.82, 2.24) is 19.7 Å². The van der Waals surface area contributed by atoms with E-state index >= 15 is 0 Å². The van der Waals surface area contributed by atoms with Gasteiger partial charge in [0.2, 0.25) is 0 Å². The van der Waals surface area contributed by atoms with Crippen molar-refractivity contribution in [1.29, 1.82) is 0 Å². The molecule has 0 atom stereocenters. The summed E-state index contributed by atoms with van der Waals surface area (Å²) in [6.07, 6.45) is 3.57. The molecule has 0 amide bonds. The molecule has 2 aromatic carbocycles. The molecule has 0 unspecified atom stereocenters. The van der Waals surface area contributed by atoms with Crippen molar-refractivity contribution < 1.29 is 4.92 Å². The predicted molar refractivity (Wildman–Crippen MR) is 160 cm³/mol. The van der Waals surface area contributed by atoms with E-state index in [1.807, 2.05) is 17.5 Å². The third-order valence-corrected chi connectivity index (χ3v) is 8.62. The van der Waals surface area contributed by atoms with Crippen molar-refractivity contribution >= 4 is 27.8 Å². The number of thiazole rings is 1. The van der Waals surface area contributed by atoms with Crippen molar-refractivity contribution in [2.75, 3.05) is 82.6 Å². The maximum absolute atomic E-state index is 10.9. The quantitative estimate of drug-likeness (QED) is 0.217. The van der Waals surface area contributed by atoms with E-state index in [1.54, 1.807) is 12.1 Å². The van der Waals surface area contributed by atoms with Gasteiger partial charge in [-0.3, -0.25) is 15.0 Å². The molecule has 3 heterocycles. The number of nitrogens with zero attached hydrogens (tertiary/aromatic N) is 6. The smallest absolute Gasteiger partial charge is 0.269 e. The maximum Gasteiger partial charge on any atom is 0.269 e. The van der Waals surface area contributed by atoms with Crippen LogP contribution < -0.4 is 10.6 Å². The van der Waals surface area contributed by atoms with E-state index in [9.17, 15) is 10.1 Å². The number of nitro groups is 1. The van der Waals surface area contributed by atoms with Gasteiger partial charge in [0.05, 0.1) is 10.6 Å². The van der Waals surface area contributed by atoms with Crippen LogP contribution in [-0.2, 0) is 6.42 Å². The minimum Gasteiger partial charge on any atom is -0.375 e. The minimum absolute atomic E-state index is 0.152. The van der Waals surface area contributed by atoms with E-state index in [-0.39, 0.29) is 10.6 Å². The first-order chi connectivity index (χ1) is 19.0. The summed E-state index contributed by atoms with van der Waals surface area (Å²) >= 11 is 1.48. The Morgan fingerprint density at radius 2 is 1.36 bits per heavy atom. The number of nitro benzene ring substituents is 1. The Morgan fingerprint density at radius 1 is 0.795 bits per heavy atom. The third kappa shape index (κ3) is 7.76. The first-order valence-electron chi connectivity index (χ1n) is 14.0. The summed E-state index contributed by atoms with van der Waals surface area (Å²) in [5.41, 5.74) is 10.5. The molecule has 39 heavy (non-hydrogen) atoms. The highest BCUT2D eigenvalue weighted by Crippen LogP contribution is 2.24. The SMILES string of the molecule is Nc1nc(-c2ccc(CCN3CCN(CCCCN4CCN(c5ccc([N+](=O)[O-])cc5)CC4)CC3)cc2)cs1. The van der Waals surface area contributed by atoms with Gasteiger partial charge in [-0.25, -0.2) is 4.98 Å². The molecule has 10 heteroatoms. The number of aromatic nitrogens is 1. The van der Waals surface area contributed by atoms with Gasteiger partial charge in [0, 0.05) is 87.7 Å². The van der Waals surface area contributed by atoms with E-state index in [2.05, 4.69) is 48.8 Å². The van der Waals surface area contributed by atoms with Crippen molar-refractivity contribution in [3.05, 3.63) is 69.6 Å². The fourth-order valence-corrected chi connectivity index (χ4v) is 6.04. The van der Waals surface area contributed by atoms with Crippen molar-refractivity contribution in [3.8, 4) is 11.3 Å². The molecule has 5 rings (SSSR count). The second-order valence-electron chi connectivity index (χ2n) is 10.5. The summed E-state index contributed by atoms with van der Waals surface area (Å²) in [6.45, 7) is 12.2. The van der Waals surface area contributed by atoms with Crippen LogP contribution in [0.15, 0.2) is 53.9 Å². The lowest BCUT2D eigenvalue weighted by atomic mass is 10.1. The van der Waals surface area contributed by atoms with Crippen LogP contribution in [0.2, 0.25) is 0 Å². The second kappa shape index (κ2) is 13.3. The van der Waals surface area contributed by atoms with Crippen molar-refractivity contribution in [3.63, 3.8) is 0 Å². The third-order valence-electron chi connectivity index (χ3n) is 7.95. The first kappa shape index (κ1) is 27.5. The number of nitrogen functional groups attached to an aromatic ring is 1. The normalized spacial score (nSPS) is 17.5. The number of hydrogen-bond acceptors (Lipinski definition) is 9. The number of non-ortho nitro benzene ring substituents is 1. The fourth-order valence-electron chi connectivity index (χ4n) is 5.47. The number of nitrogens with two attached hydrogens (primary N) is 1. The molecule has 0 aliphatic carbocycles. The summed E-state index contributed by atoms with van der Waals surface area (Å²) in [6, 6.07) is 15.7. The molecule has 0 saturated carbocycles. The van der Waals surface area contributed by atoms with E-state index in [0.29, 0.717) is 5.13 Å². The molecule has 1 aromatic heterocycles. The summed E-state index contributed by atoms with van der Waals surface area (Å²) < 4.78 is 0.